The first-order valence-corrected chi connectivity index (χ1v) is 10.1. The van der Waals surface area contributed by atoms with Gasteiger partial charge in [0.2, 0.25) is 15.9 Å². The van der Waals surface area contributed by atoms with Crippen LogP contribution >= 0.6 is 0 Å². The molecule has 3 atom stereocenters. The number of fused-ring (bicyclic) bond motifs is 2. The summed E-state index contributed by atoms with van der Waals surface area (Å²) >= 11 is 0. The number of carbonyl (C=O) groups is 1. The van der Waals surface area contributed by atoms with E-state index in [2.05, 4.69) is 5.32 Å². The second-order valence-electron chi connectivity index (χ2n) is 6.79. The topological polar surface area (TPSA) is 75.7 Å². The van der Waals surface area contributed by atoms with Crippen LogP contribution in [0.3, 0.4) is 0 Å². The summed E-state index contributed by atoms with van der Waals surface area (Å²) in [6.45, 7) is -0.229. The zero-order chi connectivity index (χ0) is 17.3. The Balaban J connectivity index is 1.74. The molecule has 3 rings (SSSR count). The van der Waals surface area contributed by atoms with Crippen LogP contribution in [0, 0.1) is 11.8 Å². The summed E-state index contributed by atoms with van der Waals surface area (Å²) < 4.78 is 30.7. The Kier molecular flexibility index (Phi) is 4.71. The fraction of sp³-hybridized carbons (Fsp3) is 0.588. The minimum Gasteiger partial charge on any atom is -0.495 e. The molecule has 6 nitrogen and oxygen atoms in total. The smallest absolute Gasteiger partial charge is 0.241 e. The van der Waals surface area contributed by atoms with Gasteiger partial charge in [-0.15, -0.1) is 0 Å². The van der Waals surface area contributed by atoms with Gasteiger partial charge in [0, 0.05) is 6.04 Å². The van der Waals surface area contributed by atoms with E-state index < -0.39 is 10.0 Å². The molecule has 2 fully saturated rings. The normalized spacial score (nSPS) is 25.5. The van der Waals surface area contributed by atoms with Crippen molar-refractivity contribution >= 4 is 21.6 Å². The molecule has 24 heavy (non-hydrogen) atoms. The molecule has 7 heteroatoms. The second-order valence-corrected chi connectivity index (χ2v) is 8.70. The van der Waals surface area contributed by atoms with Crippen LogP contribution in [-0.4, -0.2) is 40.3 Å². The number of rotatable bonds is 6. The predicted molar refractivity (Wildman–Crippen MR) is 92.6 cm³/mol. The Bertz CT molecular complexity index is 719. The third kappa shape index (κ3) is 3.50. The Hall–Kier alpha value is -1.76. The number of nitrogens with zero attached hydrogens (tertiary/aromatic N) is 1. The molecule has 1 amide bonds. The zero-order valence-corrected chi connectivity index (χ0v) is 14.9. The lowest BCUT2D eigenvalue weighted by atomic mass is 9.95. The fourth-order valence-corrected chi connectivity index (χ4v) is 4.88. The Morgan fingerprint density at radius 2 is 2.04 bits per heavy atom. The molecule has 0 radical (unpaired) electrons. The molecule has 0 aromatic heterocycles. The van der Waals surface area contributed by atoms with E-state index in [0.717, 1.165) is 29.3 Å². The molecule has 132 valence electrons. The summed E-state index contributed by atoms with van der Waals surface area (Å²) in [5.41, 5.74) is 0.380. The van der Waals surface area contributed by atoms with Gasteiger partial charge in [-0.25, -0.2) is 8.42 Å². The van der Waals surface area contributed by atoms with Crippen molar-refractivity contribution in [1.82, 2.24) is 5.32 Å². The molecule has 0 heterocycles. The molecule has 0 saturated heterocycles. The number of nitrogens with one attached hydrogen (secondary N) is 1. The van der Waals surface area contributed by atoms with E-state index in [0.29, 0.717) is 17.4 Å². The summed E-state index contributed by atoms with van der Waals surface area (Å²) in [6.07, 6.45) is 5.73. The van der Waals surface area contributed by atoms with Gasteiger partial charge in [0.05, 0.1) is 19.1 Å². The van der Waals surface area contributed by atoms with E-state index >= 15 is 0 Å². The van der Waals surface area contributed by atoms with Gasteiger partial charge in [-0.3, -0.25) is 9.10 Å². The minimum atomic E-state index is -3.60. The zero-order valence-electron chi connectivity index (χ0n) is 14.1. The molecule has 2 aliphatic carbocycles. The van der Waals surface area contributed by atoms with Gasteiger partial charge in [0.25, 0.3) is 0 Å². The summed E-state index contributed by atoms with van der Waals surface area (Å²) in [6, 6.07) is 7.00. The number of sulfonamides is 1. The van der Waals surface area contributed by atoms with E-state index in [-0.39, 0.29) is 18.5 Å². The van der Waals surface area contributed by atoms with Crippen molar-refractivity contribution in [2.24, 2.45) is 11.8 Å². The number of hydrogen-bond acceptors (Lipinski definition) is 4. The van der Waals surface area contributed by atoms with E-state index in [1.54, 1.807) is 24.3 Å². The first-order valence-electron chi connectivity index (χ1n) is 8.28. The summed E-state index contributed by atoms with van der Waals surface area (Å²) in [7, 11) is -2.12. The first-order chi connectivity index (χ1) is 11.4. The maximum Gasteiger partial charge on any atom is 0.241 e. The molecule has 1 aromatic carbocycles. The second kappa shape index (κ2) is 6.63. The van der Waals surface area contributed by atoms with Crippen molar-refractivity contribution in [3.63, 3.8) is 0 Å². The van der Waals surface area contributed by atoms with Crippen molar-refractivity contribution in [3.8, 4) is 5.75 Å². The standard InChI is InChI=1S/C17H24N2O4S/c1-23-16-6-4-3-5-15(16)19(24(2,21)22)11-17(20)18-14-10-12-7-8-13(14)9-12/h3-6,12-14H,7-11H2,1-2H3,(H,18,20)/t12-,13-,14-/m0/s1. The highest BCUT2D eigenvalue weighted by molar-refractivity contribution is 7.92. The van der Waals surface area contributed by atoms with Gasteiger partial charge >= 0.3 is 0 Å². The first kappa shape index (κ1) is 17.1. The molecule has 1 aromatic rings. The number of hydrogen-bond donors (Lipinski definition) is 1. The highest BCUT2D eigenvalue weighted by atomic mass is 32.2. The van der Waals surface area contributed by atoms with Crippen LogP contribution < -0.4 is 14.4 Å². The summed E-state index contributed by atoms with van der Waals surface area (Å²) in [5.74, 6) is 1.44. The number of anilines is 1. The third-order valence-electron chi connectivity index (χ3n) is 5.13. The monoisotopic (exact) mass is 352 g/mol. The van der Waals surface area contributed by atoms with Crippen molar-refractivity contribution in [2.45, 2.75) is 31.7 Å². The van der Waals surface area contributed by atoms with Crippen molar-refractivity contribution in [2.75, 3.05) is 24.2 Å². The summed E-state index contributed by atoms with van der Waals surface area (Å²) in [5, 5.41) is 3.03. The highest BCUT2D eigenvalue weighted by Gasteiger charge is 2.40. The Morgan fingerprint density at radius 1 is 1.29 bits per heavy atom. The predicted octanol–water partition coefficient (Wildman–Crippen LogP) is 1.77. The number of amides is 1. The average Bonchev–Trinajstić information content (AvgIpc) is 3.14. The van der Waals surface area contributed by atoms with Gasteiger partial charge in [-0.1, -0.05) is 18.6 Å². The van der Waals surface area contributed by atoms with Crippen molar-refractivity contribution in [1.29, 1.82) is 0 Å². The van der Waals surface area contributed by atoms with Crippen LogP contribution in [0.5, 0.6) is 5.75 Å². The third-order valence-corrected chi connectivity index (χ3v) is 6.25. The molecule has 0 aliphatic heterocycles. The minimum absolute atomic E-state index is 0.190. The lowest BCUT2D eigenvalue weighted by molar-refractivity contribution is -0.120. The van der Waals surface area contributed by atoms with Gasteiger partial charge in [0.15, 0.2) is 0 Å². The molecule has 1 N–H and O–H groups in total. The molecular formula is C17H24N2O4S. The van der Waals surface area contributed by atoms with E-state index in [1.807, 2.05) is 0 Å². The number of carbonyl (C=O) groups excluding carboxylic acids is 1. The van der Waals surface area contributed by atoms with Crippen LogP contribution in [0.4, 0.5) is 5.69 Å². The lowest BCUT2D eigenvalue weighted by Gasteiger charge is -2.27. The maximum absolute atomic E-state index is 12.4. The van der Waals surface area contributed by atoms with Crippen LogP contribution in [0.25, 0.3) is 0 Å². The largest absolute Gasteiger partial charge is 0.495 e. The number of benzene rings is 1. The quantitative estimate of drug-likeness (QED) is 0.846. The van der Waals surface area contributed by atoms with Gasteiger partial charge in [-0.05, 0) is 43.2 Å². The lowest BCUT2D eigenvalue weighted by Crippen LogP contribution is -2.45. The fourth-order valence-electron chi connectivity index (χ4n) is 4.02. The number of para-hydroxylation sites is 2. The number of methoxy groups -OCH3 is 1. The Labute approximate surface area is 143 Å². The van der Waals surface area contributed by atoms with Crippen LogP contribution in [0.15, 0.2) is 24.3 Å². The molecule has 2 aliphatic rings. The molecule has 2 bridgehead atoms. The van der Waals surface area contributed by atoms with Gasteiger partial charge < -0.3 is 10.1 Å². The SMILES string of the molecule is COc1ccccc1N(CC(=O)N[C@H]1C[C@H]2CC[C@H]1C2)S(C)(=O)=O. The van der Waals surface area contributed by atoms with Gasteiger partial charge in [-0.2, -0.15) is 0 Å². The van der Waals surface area contributed by atoms with Crippen molar-refractivity contribution < 1.29 is 17.9 Å². The van der Waals surface area contributed by atoms with E-state index in [4.69, 9.17) is 4.74 Å². The van der Waals surface area contributed by atoms with E-state index in [9.17, 15) is 13.2 Å². The maximum atomic E-state index is 12.4. The van der Waals surface area contributed by atoms with Crippen LogP contribution in [-0.2, 0) is 14.8 Å². The molecular weight excluding hydrogens is 328 g/mol. The van der Waals surface area contributed by atoms with Crippen LogP contribution in [0.1, 0.15) is 25.7 Å². The summed E-state index contributed by atoms with van der Waals surface area (Å²) in [4.78, 5) is 12.4. The molecule has 0 spiro atoms. The van der Waals surface area contributed by atoms with Crippen LogP contribution in [0.2, 0.25) is 0 Å². The average molecular weight is 352 g/mol. The Morgan fingerprint density at radius 3 is 2.62 bits per heavy atom. The van der Waals surface area contributed by atoms with Gasteiger partial charge in [0.1, 0.15) is 12.3 Å². The van der Waals surface area contributed by atoms with Crippen molar-refractivity contribution in [3.05, 3.63) is 24.3 Å². The molecule has 0 unspecified atom stereocenters. The van der Waals surface area contributed by atoms with E-state index in [1.165, 1.54) is 20.0 Å². The molecule has 2 saturated carbocycles. The highest BCUT2D eigenvalue weighted by Crippen LogP contribution is 2.44. The number of ether oxygens (including phenoxy) is 1.